The molecule has 0 rings (SSSR count). The maximum atomic E-state index is 8.56. The fourth-order valence-electron chi connectivity index (χ4n) is 0. The first-order valence-electron chi connectivity index (χ1n) is 1.03. The highest BCUT2D eigenvalue weighted by molar-refractivity contribution is 5.53. The van der Waals surface area contributed by atoms with E-state index in [9.17, 15) is 0 Å². The van der Waals surface area contributed by atoms with E-state index in [1.165, 1.54) is 5.34 Å². The zero-order valence-electron chi connectivity index (χ0n) is 3.81. The maximum absolute atomic E-state index is 8.56. The van der Waals surface area contributed by atoms with Gasteiger partial charge in [0.15, 0.2) is 5.34 Å². The number of hydrogen-bond donors (Lipinski definition) is 4. The van der Waals surface area contributed by atoms with Crippen LogP contribution in [0.3, 0.4) is 0 Å². The monoisotopic (exact) mass is 126 g/mol. The molecule has 50 valence electrons. The van der Waals surface area contributed by atoms with E-state index in [0.717, 1.165) is 0 Å². The minimum atomic E-state index is -1.83. The predicted molar refractivity (Wildman–Crippen MR) is 23.3 cm³/mol. The van der Waals surface area contributed by atoms with Gasteiger partial charge in [0.25, 0.3) is 0 Å². The molecular formula is CH6N2O5. The Morgan fingerprint density at radius 3 is 1.38 bits per heavy atom. The summed E-state index contributed by atoms with van der Waals surface area (Å²) in [5.41, 5.74) is 0. The SMILES string of the molecule is N.O=C(O)O.O=NO. The quantitative estimate of drug-likeness (QED) is 0.275. The van der Waals surface area contributed by atoms with Gasteiger partial charge in [0, 0.05) is 0 Å². The van der Waals surface area contributed by atoms with Crippen molar-refractivity contribution in [3.63, 3.8) is 0 Å². The van der Waals surface area contributed by atoms with E-state index >= 15 is 0 Å². The minimum Gasteiger partial charge on any atom is -0.450 e. The van der Waals surface area contributed by atoms with Crippen LogP contribution in [0.4, 0.5) is 4.79 Å². The molecule has 0 unspecified atom stereocenters. The first-order chi connectivity index (χ1) is 3.15. The van der Waals surface area contributed by atoms with Crippen molar-refractivity contribution in [1.82, 2.24) is 6.15 Å². The maximum Gasteiger partial charge on any atom is 0.503 e. The Labute approximate surface area is 44.1 Å². The lowest BCUT2D eigenvalue weighted by atomic mass is 11.5. The summed E-state index contributed by atoms with van der Waals surface area (Å²) in [6.45, 7) is 0. The van der Waals surface area contributed by atoms with Crippen molar-refractivity contribution >= 4 is 6.16 Å². The summed E-state index contributed by atoms with van der Waals surface area (Å²) < 4.78 is 0. The van der Waals surface area contributed by atoms with Crippen LogP contribution in [-0.2, 0) is 0 Å². The van der Waals surface area contributed by atoms with Gasteiger partial charge in [-0.3, -0.25) is 0 Å². The molecule has 0 aliphatic heterocycles. The molecule has 0 aromatic carbocycles. The normalized spacial score (nSPS) is 4.50. The Bertz CT molecular complexity index is 57.4. The van der Waals surface area contributed by atoms with Crippen LogP contribution in [-0.4, -0.2) is 21.6 Å². The lowest BCUT2D eigenvalue weighted by Crippen LogP contribution is -1.81. The standard InChI is InChI=1S/CH2O3.HNO2.H3N/c2-1(3)4;2-1-3;/h(H2,2,3,4);(H,2,3);1H3. The van der Waals surface area contributed by atoms with Crippen LogP contribution >= 0.6 is 0 Å². The first kappa shape index (κ1) is 15.9. The highest BCUT2D eigenvalue weighted by Gasteiger charge is 1.70. The molecule has 0 saturated carbocycles. The third-order valence-corrected chi connectivity index (χ3v) is 0. The van der Waals surface area contributed by atoms with Crippen LogP contribution in [0.2, 0.25) is 0 Å². The van der Waals surface area contributed by atoms with Gasteiger partial charge in [0.2, 0.25) is 0 Å². The molecule has 7 heteroatoms. The third kappa shape index (κ3) is 32.5. The molecule has 7 nitrogen and oxygen atoms in total. The van der Waals surface area contributed by atoms with Gasteiger partial charge < -0.3 is 21.6 Å². The molecule has 0 aromatic heterocycles. The van der Waals surface area contributed by atoms with Gasteiger partial charge in [-0.05, 0) is 0 Å². The van der Waals surface area contributed by atoms with E-state index in [-0.39, 0.29) is 6.15 Å². The molecule has 0 aliphatic rings. The molecular weight excluding hydrogens is 120 g/mol. The summed E-state index contributed by atoms with van der Waals surface area (Å²) in [6, 6.07) is 0. The van der Waals surface area contributed by atoms with Gasteiger partial charge in [0.1, 0.15) is 0 Å². The second kappa shape index (κ2) is 17.4. The molecule has 0 amide bonds. The molecule has 0 heterocycles. The third-order valence-electron chi connectivity index (χ3n) is 0. The Kier molecular flexibility index (Phi) is 34.8. The van der Waals surface area contributed by atoms with Crippen LogP contribution in [0.25, 0.3) is 0 Å². The molecule has 0 aliphatic carbocycles. The van der Waals surface area contributed by atoms with Gasteiger partial charge in [-0.2, -0.15) is 0 Å². The summed E-state index contributed by atoms with van der Waals surface area (Å²) >= 11 is 0. The molecule has 6 N–H and O–H groups in total. The molecule has 0 spiro atoms. The van der Waals surface area contributed by atoms with Crippen LogP contribution in [0.5, 0.6) is 0 Å². The van der Waals surface area contributed by atoms with E-state index in [4.69, 9.17) is 25.1 Å². The van der Waals surface area contributed by atoms with E-state index in [2.05, 4.69) is 0 Å². The van der Waals surface area contributed by atoms with Crippen molar-refractivity contribution in [3.05, 3.63) is 4.91 Å². The van der Waals surface area contributed by atoms with E-state index in [1.54, 1.807) is 0 Å². The van der Waals surface area contributed by atoms with Gasteiger partial charge >= 0.3 is 6.16 Å². The van der Waals surface area contributed by atoms with Gasteiger partial charge in [-0.25, -0.2) is 4.79 Å². The highest BCUT2D eigenvalue weighted by Crippen LogP contribution is 1.42. The number of rotatable bonds is 0. The second-order valence-electron chi connectivity index (χ2n) is 0.364. The minimum absolute atomic E-state index is 0. The van der Waals surface area contributed by atoms with Crippen molar-refractivity contribution in [3.8, 4) is 0 Å². The predicted octanol–water partition coefficient (Wildman–Crippen LogP) is 0.526. The van der Waals surface area contributed by atoms with Crippen molar-refractivity contribution < 1.29 is 20.2 Å². The van der Waals surface area contributed by atoms with Crippen LogP contribution in [0.1, 0.15) is 0 Å². The molecule has 8 heavy (non-hydrogen) atoms. The molecule has 0 bridgehead atoms. The van der Waals surface area contributed by atoms with Crippen molar-refractivity contribution in [2.24, 2.45) is 5.34 Å². The number of nitrogens with zero attached hydrogens (tertiary/aromatic N) is 1. The molecule has 0 radical (unpaired) electrons. The van der Waals surface area contributed by atoms with Crippen LogP contribution in [0, 0.1) is 4.91 Å². The number of carbonyl (C=O) groups is 1. The Morgan fingerprint density at radius 2 is 1.38 bits per heavy atom. The summed E-state index contributed by atoms with van der Waals surface area (Å²) in [6.07, 6.45) is -1.83. The number of carboxylic acid groups (broad SMARTS) is 2. The van der Waals surface area contributed by atoms with Crippen LogP contribution < -0.4 is 6.15 Å². The smallest absolute Gasteiger partial charge is 0.450 e. The van der Waals surface area contributed by atoms with Crippen LogP contribution in [0.15, 0.2) is 5.34 Å². The molecule has 0 aromatic rings. The van der Waals surface area contributed by atoms with Gasteiger partial charge in [-0.1, -0.05) is 0 Å². The second-order valence-corrected chi connectivity index (χ2v) is 0.364. The van der Waals surface area contributed by atoms with Crippen molar-refractivity contribution in [2.45, 2.75) is 0 Å². The Hall–Kier alpha value is -1.37. The summed E-state index contributed by atoms with van der Waals surface area (Å²) in [7, 11) is 0. The number of hydrogen-bond acceptors (Lipinski definition) is 4. The van der Waals surface area contributed by atoms with E-state index in [1.807, 2.05) is 0 Å². The van der Waals surface area contributed by atoms with Crippen molar-refractivity contribution in [2.75, 3.05) is 0 Å². The fourth-order valence-corrected chi connectivity index (χ4v) is 0. The van der Waals surface area contributed by atoms with Gasteiger partial charge in [-0.15, -0.1) is 4.91 Å². The Morgan fingerprint density at radius 1 is 1.38 bits per heavy atom. The lowest BCUT2D eigenvalue weighted by molar-refractivity contribution is 0.137. The summed E-state index contributed by atoms with van der Waals surface area (Å²) in [5, 5.41) is 21.8. The topological polar surface area (TPSA) is 142 Å². The fraction of sp³-hybridized carbons (Fsp3) is 0. The van der Waals surface area contributed by atoms with E-state index < -0.39 is 6.16 Å². The molecule has 0 fully saturated rings. The Balaban J connectivity index is -0.0000000575. The summed E-state index contributed by atoms with van der Waals surface area (Å²) in [5.74, 6) is 0. The van der Waals surface area contributed by atoms with Gasteiger partial charge in [0.05, 0.1) is 0 Å². The molecule has 0 atom stereocenters. The summed E-state index contributed by atoms with van der Waals surface area (Å²) in [4.78, 5) is 16.7. The molecule has 0 saturated heterocycles. The van der Waals surface area contributed by atoms with E-state index in [0.29, 0.717) is 0 Å². The zero-order chi connectivity index (χ0) is 6.28. The largest absolute Gasteiger partial charge is 0.503 e. The lowest BCUT2D eigenvalue weighted by Gasteiger charge is -1.60. The highest BCUT2D eigenvalue weighted by atomic mass is 16.6. The van der Waals surface area contributed by atoms with Crippen molar-refractivity contribution in [1.29, 1.82) is 0 Å². The zero-order valence-corrected chi connectivity index (χ0v) is 3.81. The average Bonchev–Trinajstić information content (AvgIpc) is 1.33. The first-order valence-corrected chi connectivity index (χ1v) is 1.03. The average molecular weight is 126 g/mol.